The van der Waals surface area contributed by atoms with E-state index < -0.39 is 14.4 Å². The smallest absolute Gasteiger partial charge is 0.273 e. The Labute approximate surface area is 321 Å². The molecular weight excluding hydrogens is 714 g/mol. The highest BCUT2D eigenvalue weighted by Gasteiger charge is 2.53. The average Bonchev–Trinajstić information content (AvgIpc) is 3.63. The SMILES string of the molecule is CC(C)(C)[Si](OCC(c1ccc(N2C[C@H]3C[C@H]3C2=O)nc1)n1cc(C(=O)N[C@H]2C[C@@H](c3cc(Cl)ccc3C#N)C2)nn1)(c1ccccc1)c1ccccc1. The molecule has 1 saturated heterocycles. The van der Waals surface area contributed by atoms with Crippen LogP contribution in [0.15, 0.2) is 103 Å². The Morgan fingerprint density at radius 1 is 1.02 bits per heavy atom. The van der Waals surface area contributed by atoms with Gasteiger partial charge in [0, 0.05) is 29.7 Å². The zero-order valence-corrected chi connectivity index (χ0v) is 32.3. The number of hydrogen-bond acceptors (Lipinski definition) is 7. The molecule has 2 aromatic heterocycles. The molecular formula is C42H42ClN7O3Si. The monoisotopic (exact) mass is 755 g/mol. The fourth-order valence-corrected chi connectivity index (χ4v) is 13.0. The molecule has 1 unspecified atom stereocenters. The first-order valence-electron chi connectivity index (χ1n) is 18.5. The lowest BCUT2D eigenvalue weighted by atomic mass is 9.74. The number of nitrogens with one attached hydrogen (secondary N) is 1. The maximum absolute atomic E-state index is 13.5. The van der Waals surface area contributed by atoms with Gasteiger partial charge in [-0.05, 0) is 81.9 Å². The summed E-state index contributed by atoms with van der Waals surface area (Å²) in [6.07, 6.45) is 5.82. The van der Waals surface area contributed by atoms with E-state index in [2.05, 4.69) is 91.0 Å². The van der Waals surface area contributed by atoms with E-state index in [1.165, 1.54) is 0 Å². The Morgan fingerprint density at radius 3 is 2.31 bits per heavy atom. The van der Waals surface area contributed by atoms with E-state index in [9.17, 15) is 14.9 Å². The van der Waals surface area contributed by atoms with Crippen LogP contribution < -0.4 is 20.6 Å². The minimum atomic E-state index is -2.94. The first-order chi connectivity index (χ1) is 26.1. The standard InChI is InChI=1S/C42H42ClN7O3Si/c1-42(2,3)54(33-10-6-4-7-11-33,34-12-8-5-9-13-34)53-26-38(28-15-17-39(45-23-28)49-24-30-20-36(30)41(49)52)50-25-37(47-48-50)40(51)46-32-18-29(19-32)35-21-31(43)16-14-27(35)22-44/h4-17,21,23,25,29-30,32,36,38H,18-20,24,26H2,1-3H3,(H,46,51)/t29-,30-,32+,36-,38?/m1/s1. The number of anilines is 1. The van der Waals surface area contributed by atoms with Crippen molar-refractivity contribution in [2.24, 2.45) is 11.8 Å². The topological polar surface area (TPSA) is 126 Å². The van der Waals surface area contributed by atoms with Crippen LogP contribution in [-0.2, 0) is 9.22 Å². The van der Waals surface area contributed by atoms with Gasteiger partial charge in [0.05, 0.1) is 24.4 Å². The van der Waals surface area contributed by atoms with E-state index in [4.69, 9.17) is 21.0 Å². The Bertz CT molecular complexity index is 2170. The summed E-state index contributed by atoms with van der Waals surface area (Å²) in [4.78, 5) is 32.9. The minimum Gasteiger partial charge on any atom is -0.405 e. The van der Waals surface area contributed by atoms with Crippen molar-refractivity contribution in [3.8, 4) is 6.07 Å². The molecule has 2 saturated carbocycles. The second-order valence-electron chi connectivity index (χ2n) is 15.8. The predicted octanol–water partition coefficient (Wildman–Crippen LogP) is 6.02. The van der Waals surface area contributed by atoms with Gasteiger partial charge in [-0.25, -0.2) is 9.67 Å². The van der Waals surface area contributed by atoms with E-state index >= 15 is 0 Å². The van der Waals surface area contributed by atoms with Crippen LogP contribution in [0.25, 0.3) is 0 Å². The van der Waals surface area contributed by atoms with Gasteiger partial charge in [0.2, 0.25) is 5.91 Å². The molecule has 3 fully saturated rings. The number of rotatable bonds is 11. The number of fused-ring (bicyclic) bond motifs is 1. The second kappa shape index (κ2) is 14.2. The molecule has 274 valence electrons. The number of amides is 2. The molecule has 10 nitrogen and oxygen atoms in total. The Morgan fingerprint density at radius 2 is 1.72 bits per heavy atom. The van der Waals surface area contributed by atoms with Crippen LogP contribution in [0.4, 0.5) is 5.82 Å². The molecule has 3 aliphatic rings. The summed E-state index contributed by atoms with van der Waals surface area (Å²) in [5, 5.41) is 24.1. The number of aromatic nitrogens is 4. The van der Waals surface area contributed by atoms with Gasteiger partial charge in [-0.1, -0.05) is 104 Å². The van der Waals surface area contributed by atoms with Gasteiger partial charge in [-0.2, -0.15) is 5.26 Å². The molecule has 5 aromatic rings. The van der Waals surface area contributed by atoms with Crippen LogP contribution >= 0.6 is 11.6 Å². The van der Waals surface area contributed by atoms with Crippen molar-refractivity contribution < 1.29 is 14.0 Å². The lowest BCUT2D eigenvalue weighted by Crippen LogP contribution is -2.67. The van der Waals surface area contributed by atoms with Gasteiger partial charge in [0.1, 0.15) is 11.9 Å². The summed E-state index contributed by atoms with van der Waals surface area (Å²) in [5.41, 5.74) is 2.54. The molecule has 1 aliphatic heterocycles. The van der Waals surface area contributed by atoms with Crippen LogP contribution in [0.2, 0.25) is 10.1 Å². The van der Waals surface area contributed by atoms with Crippen molar-refractivity contribution in [2.45, 2.75) is 63.1 Å². The van der Waals surface area contributed by atoms with E-state index in [0.29, 0.717) is 41.7 Å². The summed E-state index contributed by atoms with van der Waals surface area (Å²) in [6.45, 7) is 7.64. The molecule has 0 bridgehead atoms. The van der Waals surface area contributed by atoms with Crippen LogP contribution in [-0.4, -0.2) is 59.3 Å². The minimum absolute atomic E-state index is 0.0662. The number of piperidine rings is 1. The zero-order chi connectivity index (χ0) is 37.6. The second-order valence-corrected chi connectivity index (χ2v) is 20.5. The number of benzene rings is 3. The molecule has 2 aliphatic carbocycles. The fraction of sp³-hybridized carbons (Fsp3) is 0.333. The first kappa shape index (κ1) is 35.9. The molecule has 8 rings (SSSR count). The summed E-state index contributed by atoms with van der Waals surface area (Å²) in [7, 11) is -2.94. The van der Waals surface area contributed by atoms with Gasteiger partial charge >= 0.3 is 0 Å². The number of nitriles is 1. The quantitative estimate of drug-likeness (QED) is 0.164. The van der Waals surface area contributed by atoms with Crippen molar-refractivity contribution in [3.05, 3.63) is 131 Å². The molecule has 12 heteroatoms. The Balaban J connectivity index is 1.07. The average molecular weight is 756 g/mol. The van der Waals surface area contributed by atoms with Crippen LogP contribution in [0, 0.1) is 23.2 Å². The predicted molar refractivity (Wildman–Crippen MR) is 209 cm³/mol. The molecule has 0 radical (unpaired) electrons. The number of pyridine rings is 1. The maximum atomic E-state index is 13.5. The summed E-state index contributed by atoms with van der Waals surface area (Å²) < 4.78 is 9.06. The molecule has 3 aromatic carbocycles. The lowest BCUT2D eigenvalue weighted by Gasteiger charge is -2.43. The Kier molecular flexibility index (Phi) is 9.46. The molecule has 2 amide bonds. The van der Waals surface area contributed by atoms with Gasteiger partial charge in [0.15, 0.2) is 5.69 Å². The number of nitrogens with zero attached hydrogens (tertiary/aromatic N) is 6. The van der Waals surface area contributed by atoms with Gasteiger partial charge in [-0.3, -0.25) is 14.5 Å². The van der Waals surface area contributed by atoms with Crippen LogP contribution in [0.5, 0.6) is 0 Å². The molecule has 3 heterocycles. The maximum Gasteiger partial charge on any atom is 0.273 e. The van der Waals surface area contributed by atoms with Crippen LogP contribution in [0.1, 0.15) is 79.2 Å². The van der Waals surface area contributed by atoms with Gasteiger partial charge < -0.3 is 9.74 Å². The largest absolute Gasteiger partial charge is 0.405 e. The number of halogens is 1. The number of hydrogen-bond donors (Lipinski definition) is 1. The first-order valence-corrected chi connectivity index (χ1v) is 20.8. The summed E-state index contributed by atoms with van der Waals surface area (Å²) in [5.74, 6) is 1.18. The molecule has 3 atom stereocenters. The van der Waals surface area contributed by atoms with E-state index in [1.54, 1.807) is 34.1 Å². The van der Waals surface area contributed by atoms with Crippen molar-refractivity contribution in [3.63, 3.8) is 0 Å². The van der Waals surface area contributed by atoms with Crippen LogP contribution in [0.3, 0.4) is 0 Å². The fourth-order valence-electron chi connectivity index (χ4n) is 8.28. The molecule has 0 spiro atoms. The zero-order valence-electron chi connectivity index (χ0n) is 30.5. The number of carbonyl (C=O) groups is 2. The van der Waals surface area contributed by atoms with E-state index in [1.807, 2.05) is 30.3 Å². The molecule has 1 N–H and O–H groups in total. The molecule has 54 heavy (non-hydrogen) atoms. The summed E-state index contributed by atoms with van der Waals surface area (Å²) >= 11 is 6.23. The van der Waals surface area contributed by atoms with Crippen molar-refractivity contribution in [2.75, 3.05) is 18.1 Å². The highest BCUT2D eigenvalue weighted by atomic mass is 35.5. The van der Waals surface area contributed by atoms with Gasteiger partial charge in [-0.15, -0.1) is 5.10 Å². The van der Waals surface area contributed by atoms with E-state index in [-0.39, 0.29) is 47.0 Å². The summed E-state index contributed by atoms with van der Waals surface area (Å²) in [6, 6.07) is 31.8. The van der Waals surface area contributed by atoms with E-state index in [0.717, 1.165) is 27.9 Å². The number of carbonyl (C=O) groups excluding carboxylic acids is 2. The Hall–Kier alpha value is -5.15. The van der Waals surface area contributed by atoms with Crippen molar-refractivity contribution >= 4 is 47.9 Å². The highest BCUT2D eigenvalue weighted by molar-refractivity contribution is 6.99. The van der Waals surface area contributed by atoms with Crippen molar-refractivity contribution in [1.82, 2.24) is 25.3 Å². The third-order valence-electron chi connectivity index (χ3n) is 11.3. The third-order valence-corrected chi connectivity index (χ3v) is 16.6. The van der Waals surface area contributed by atoms with Gasteiger partial charge in [0.25, 0.3) is 14.2 Å². The van der Waals surface area contributed by atoms with Crippen molar-refractivity contribution in [1.29, 1.82) is 5.26 Å². The normalized spacial score (nSPS) is 21.2. The third kappa shape index (κ3) is 6.63. The lowest BCUT2D eigenvalue weighted by molar-refractivity contribution is -0.118. The highest BCUT2D eigenvalue weighted by Crippen LogP contribution is 2.47.